The van der Waals surface area contributed by atoms with Gasteiger partial charge in [-0.15, -0.1) is 0 Å². The predicted octanol–water partition coefficient (Wildman–Crippen LogP) is 0.440. The quantitative estimate of drug-likeness (QED) is 0.469. The SMILES string of the molecule is OB(O)c1ccc(CI)cc1F. The topological polar surface area (TPSA) is 40.5 Å². The molecule has 0 saturated heterocycles. The first-order chi connectivity index (χ1) is 5.65. The highest BCUT2D eigenvalue weighted by atomic mass is 127. The molecule has 0 atom stereocenters. The highest BCUT2D eigenvalue weighted by molar-refractivity contribution is 14.1. The van der Waals surface area contributed by atoms with Crippen molar-refractivity contribution in [2.45, 2.75) is 4.43 Å². The van der Waals surface area contributed by atoms with Gasteiger partial charge in [-0.3, -0.25) is 0 Å². The minimum Gasteiger partial charge on any atom is -0.423 e. The maximum atomic E-state index is 13.0. The zero-order valence-electron chi connectivity index (χ0n) is 6.17. The van der Waals surface area contributed by atoms with Gasteiger partial charge in [-0.1, -0.05) is 34.7 Å². The molecule has 64 valence electrons. The number of rotatable bonds is 2. The molecule has 0 bridgehead atoms. The molecule has 0 fully saturated rings. The van der Waals surface area contributed by atoms with Crippen LogP contribution in [0, 0.1) is 5.82 Å². The van der Waals surface area contributed by atoms with Gasteiger partial charge in [0, 0.05) is 9.89 Å². The molecular formula is C7H7BFIO2. The fourth-order valence-electron chi connectivity index (χ4n) is 0.863. The average molecular weight is 280 g/mol. The van der Waals surface area contributed by atoms with Crippen LogP contribution in [0.4, 0.5) is 4.39 Å². The zero-order chi connectivity index (χ0) is 9.14. The van der Waals surface area contributed by atoms with Gasteiger partial charge in [-0.25, -0.2) is 4.39 Å². The Morgan fingerprint density at radius 2 is 2.08 bits per heavy atom. The minimum atomic E-state index is -1.73. The maximum absolute atomic E-state index is 13.0. The van der Waals surface area contributed by atoms with E-state index in [1.807, 2.05) is 0 Å². The van der Waals surface area contributed by atoms with Gasteiger partial charge in [-0.2, -0.15) is 0 Å². The van der Waals surface area contributed by atoms with Gasteiger partial charge in [0.15, 0.2) is 0 Å². The molecule has 0 aromatic heterocycles. The molecule has 0 aliphatic carbocycles. The molecule has 5 heteroatoms. The van der Waals surface area contributed by atoms with Gasteiger partial charge < -0.3 is 10.0 Å². The molecule has 0 heterocycles. The van der Waals surface area contributed by atoms with E-state index in [2.05, 4.69) is 22.6 Å². The summed E-state index contributed by atoms with van der Waals surface area (Å²) in [4.78, 5) is 0. The molecule has 0 unspecified atom stereocenters. The Morgan fingerprint density at radius 1 is 1.42 bits per heavy atom. The van der Waals surface area contributed by atoms with Crippen LogP contribution in [0.5, 0.6) is 0 Å². The second kappa shape index (κ2) is 4.20. The van der Waals surface area contributed by atoms with Crippen LogP contribution in [0.1, 0.15) is 5.56 Å². The molecule has 2 nitrogen and oxygen atoms in total. The van der Waals surface area contributed by atoms with Crippen LogP contribution in [0.15, 0.2) is 18.2 Å². The van der Waals surface area contributed by atoms with Crippen LogP contribution in [0.3, 0.4) is 0 Å². The lowest BCUT2D eigenvalue weighted by Crippen LogP contribution is -2.32. The van der Waals surface area contributed by atoms with Crippen molar-refractivity contribution in [2.24, 2.45) is 0 Å². The third-order valence-electron chi connectivity index (χ3n) is 1.50. The zero-order valence-corrected chi connectivity index (χ0v) is 8.32. The molecular weight excluding hydrogens is 273 g/mol. The van der Waals surface area contributed by atoms with E-state index in [0.717, 1.165) is 5.56 Å². The summed E-state index contributed by atoms with van der Waals surface area (Å²) in [5.41, 5.74) is 0.751. The van der Waals surface area contributed by atoms with Crippen molar-refractivity contribution in [2.75, 3.05) is 0 Å². The van der Waals surface area contributed by atoms with Crippen LogP contribution in [0.25, 0.3) is 0 Å². The largest absolute Gasteiger partial charge is 0.491 e. The summed E-state index contributed by atoms with van der Waals surface area (Å²) in [5.74, 6) is -0.570. The molecule has 0 aliphatic rings. The smallest absolute Gasteiger partial charge is 0.423 e. The van der Waals surface area contributed by atoms with E-state index in [1.165, 1.54) is 12.1 Å². The summed E-state index contributed by atoms with van der Waals surface area (Å²) in [6, 6.07) is 4.36. The fraction of sp³-hybridized carbons (Fsp3) is 0.143. The van der Waals surface area contributed by atoms with Crippen LogP contribution >= 0.6 is 22.6 Å². The number of hydrogen-bond acceptors (Lipinski definition) is 2. The van der Waals surface area contributed by atoms with Crippen molar-refractivity contribution in [1.29, 1.82) is 0 Å². The third kappa shape index (κ3) is 2.18. The molecule has 12 heavy (non-hydrogen) atoms. The molecule has 0 spiro atoms. The first kappa shape index (κ1) is 9.95. The molecule has 1 aromatic rings. The Bertz CT molecular complexity index is 280. The van der Waals surface area contributed by atoms with E-state index >= 15 is 0 Å². The normalized spacial score (nSPS) is 10.0. The lowest BCUT2D eigenvalue weighted by Gasteiger charge is -2.02. The summed E-state index contributed by atoms with van der Waals surface area (Å²) in [7, 11) is -1.73. The molecule has 2 N–H and O–H groups in total. The van der Waals surface area contributed by atoms with Gasteiger partial charge in [0.1, 0.15) is 5.82 Å². The van der Waals surface area contributed by atoms with E-state index in [4.69, 9.17) is 10.0 Å². The molecule has 1 rings (SSSR count). The summed E-state index contributed by atoms with van der Waals surface area (Å²) < 4.78 is 13.7. The van der Waals surface area contributed by atoms with E-state index in [-0.39, 0.29) is 5.46 Å². The lowest BCUT2D eigenvalue weighted by atomic mass is 9.79. The highest BCUT2D eigenvalue weighted by Crippen LogP contribution is 2.06. The van der Waals surface area contributed by atoms with E-state index in [1.54, 1.807) is 6.07 Å². The molecule has 1 aromatic carbocycles. The van der Waals surface area contributed by atoms with Crippen molar-refractivity contribution in [1.82, 2.24) is 0 Å². The summed E-state index contributed by atoms with van der Waals surface area (Å²) in [6.45, 7) is 0. The third-order valence-corrected chi connectivity index (χ3v) is 2.38. The summed E-state index contributed by atoms with van der Waals surface area (Å²) in [5, 5.41) is 17.4. The van der Waals surface area contributed by atoms with Gasteiger partial charge >= 0.3 is 7.12 Å². The van der Waals surface area contributed by atoms with Crippen molar-refractivity contribution >= 4 is 35.2 Å². The summed E-state index contributed by atoms with van der Waals surface area (Å²) in [6.07, 6.45) is 0. The van der Waals surface area contributed by atoms with Gasteiger partial charge in [0.05, 0.1) is 0 Å². The standard InChI is InChI=1S/C7H7BFIO2/c9-7-3-5(4-10)1-2-6(7)8(11)12/h1-3,11-12H,4H2. The van der Waals surface area contributed by atoms with Crippen LogP contribution in [-0.4, -0.2) is 17.2 Å². The molecule has 0 saturated carbocycles. The Morgan fingerprint density at radius 3 is 2.50 bits per heavy atom. The Labute approximate surface area is 83.7 Å². The van der Waals surface area contributed by atoms with Crippen LogP contribution < -0.4 is 5.46 Å². The van der Waals surface area contributed by atoms with Crippen molar-refractivity contribution in [3.8, 4) is 0 Å². The molecule has 0 radical (unpaired) electrons. The van der Waals surface area contributed by atoms with E-state index in [0.29, 0.717) is 4.43 Å². The molecule has 0 aliphatic heterocycles. The number of hydrogen-bond donors (Lipinski definition) is 2. The first-order valence-electron chi connectivity index (χ1n) is 3.35. The van der Waals surface area contributed by atoms with E-state index in [9.17, 15) is 4.39 Å². The second-order valence-electron chi connectivity index (χ2n) is 2.36. The lowest BCUT2D eigenvalue weighted by molar-refractivity contribution is 0.423. The average Bonchev–Trinajstić information content (AvgIpc) is 2.03. The van der Waals surface area contributed by atoms with Crippen LogP contribution in [-0.2, 0) is 4.43 Å². The number of halogens is 2. The monoisotopic (exact) mass is 280 g/mol. The summed E-state index contributed by atoms with van der Waals surface area (Å²) >= 11 is 2.11. The van der Waals surface area contributed by atoms with Gasteiger partial charge in [-0.05, 0) is 11.6 Å². The van der Waals surface area contributed by atoms with Gasteiger partial charge in [0.25, 0.3) is 0 Å². The van der Waals surface area contributed by atoms with Gasteiger partial charge in [0.2, 0.25) is 0 Å². The van der Waals surface area contributed by atoms with E-state index < -0.39 is 12.9 Å². The minimum absolute atomic E-state index is 0.0800. The number of benzene rings is 1. The van der Waals surface area contributed by atoms with Crippen molar-refractivity contribution < 1.29 is 14.4 Å². The second-order valence-corrected chi connectivity index (χ2v) is 3.13. The predicted molar refractivity (Wildman–Crippen MR) is 53.9 cm³/mol. The highest BCUT2D eigenvalue weighted by Gasteiger charge is 2.15. The van der Waals surface area contributed by atoms with Crippen molar-refractivity contribution in [3.05, 3.63) is 29.6 Å². The Balaban J connectivity index is 3.03. The Hall–Kier alpha value is -0.135. The van der Waals surface area contributed by atoms with Crippen LogP contribution in [0.2, 0.25) is 0 Å². The first-order valence-corrected chi connectivity index (χ1v) is 4.88. The Kier molecular flexibility index (Phi) is 3.48. The molecule has 0 amide bonds. The fourth-order valence-corrected chi connectivity index (χ4v) is 1.34. The number of alkyl halides is 1. The van der Waals surface area contributed by atoms with Crippen molar-refractivity contribution in [3.63, 3.8) is 0 Å². The maximum Gasteiger partial charge on any atom is 0.491 e.